The number of nitrogens with two attached hydrogens (primary N) is 1. The number of ether oxygens (including phenoxy) is 1. The molecule has 2 amide bonds. The van der Waals surface area contributed by atoms with Gasteiger partial charge in [-0.3, -0.25) is 9.48 Å². The molecule has 0 saturated carbocycles. The van der Waals surface area contributed by atoms with Crippen molar-refractivity contribution in [2.75, 3.05) is 5.32 Å². The molecule has 7 nitrogen and oxygen atoms in total. The number of carbonyl (C=O) groups is 2. The first-order chi connectivity index (χ1) is 13.9. The Kier molecular flexibility index (Phi) is 6.03. The summed E-state index contributed by atoms with van der Waals surface area (Å²) in [6.07, 6.45) is 3.84. The highest BCUT2D eigenvalue weighted by atomic mass is 19.1. The summed E-state index contributed by atoms with van der Waals surface area (Å²) in [5.74, 6) is -0.639. The van der Waals surface area contributed by atoms with Gasteiger partial charge in [0.1, 0.15) is 12.4 Å². The van der Waals surface area contributed by atoms with Crippen LogP contribution in [0.25, 0.3) is 17.3 Å². The van der Waals surface area contributed by atoms with Crippen LogP contribution in [0.4, 0.5) is 14.9 Å². The Morgan fingerprint density at radius 3 is 2.52 bits per heavy atom. The number of anilines is 1. The second-order valence-corrected chi connectivity index (χ2v) is 6.21. The average molecular weight is 394 g/mol. The van der Waals surface area contributed by atoms with Crippen LogP contribution in [-0.4, -0.2) is 21.8 Å². The number of hydrogen-bond donors (Lipinski definition) is 2. The molecule has 0 aliphatic heterocycles. The van der Waals surface area contributed by atoms with E-state index in [4.69, 9.17) is 10.5 Å². The third-order valence-corrected chi connectivity index (χ3v) is 4.10. The Balaban J connectivity index is 1.67. The number of carbonyl (C=O) groups excluding carboxylic acids is 2. The van der Waals surface area contributed by atoms with Crippen LogP contribution in [0.1, 0.15) is 11.1 Å². The molecule has 8 heteroatoms. The van der Waals surface area contributed by atoms with Crippen molar-refractivity contribution in [3.05, 3.63) is 77.7 Å². The molecule has 0 bridgehead atoms. The van der Waals surface area contributed by atoms with Gasteiger partial charge >= 0.3 is 6.09 Å². The second-order valence-electron chi connectivity index (χ2n) is 6.21. The number of aryl methyl sites for hydroxylation is 1. The van der Waals surface area contributed by atoms with E-state index in [-0.39, 0.29) is 18.3 Å². The maximum absolute atomic E-state index is 13.2. The van der Waals surface area contributed by atoms with Crippen LogP contribution < -0.4 is 11.1 Å². The first kappa shape index (κ1) is 19.8. The molecule has 0 aliphatic carbocycles. The summed E-state index contributed by atoms with van der Waals surface area (Å²) in [5.41, 5.74) is 8.55. The summed E-state index contributed by atoms with van der Waals surface area (Å²) in [6, 6.07) is 12.9. The molecule has 1 aromatic heterocycles. The summed E-state index contributed by atoms with van der Waals surface area (Å²) in [7, 11) is 1.78. The van der Waals surface area contributed by atoms with Crippen LogP contribution in [0.15, 0.2) is 60.8 Å². The van der Waals surface area contributed by atoms with Crippen LogP contribution in [-0.2, 0) is 23.2 Å². The van der Waals surface area contributed by atoms with Gasteiger partial charge in [-0.2, -0.15) is 5.10 Å². The monoisotopic (exact) mass is 394 g/mol. The number of halogens is 1. The van der Waals surface area contributed by atoms with Gasteiger partial charge in [-0.1, -0.05) is 12.1 Å². The lowest BCUT2D eigenvalue weighted by molar-refractivity contribution is -0.111. The smallest absolute Gasteiger partial charge is 0.404 e. The molecule has 0 fully saturated rings. The lowest BCUT2D eigenvalue weighted by atomic mass is 10.1. The van der Waals surface area contributed by atoms with Crippen LogP contribution in [0, 0.1) is 5.82 Å². The fraction of sp³-hybridized carbons (Fsp3) is 0.0952. The van der Waals surface area contributed by atoms with Crippen LogP contribution in [0.3, 0.4) is 0 Å². The third kappa shape index (κ3) is 5.29. The molecule has 0 spiro atoms. The van der Waals surface area contributed by atoms with E-state index >= 15 is 0 Å². The van der Waals surface area contributed by atoms with Crippen molar-refractivity contribution in [3.8, 4) is 11.3 Å². The van der Waals surface area contributed by atoms with Gasteiger partial charge in [-0.25, -0.2) is 9.18 Å². The van der Waals surface area contributed by atoms with Crippen molar-refractivity contribution in [2.24, 2.45) is 12.8 Å². The van der Waals surface area contributed by atoms with Gasteiger partial charge in [0.25, 0.3) is 0 Å². The minimum atomic E-state index is -0.845. The Labute approximate surface area is 166 Å². The van der Waals surface area contributed by atoms with Gasteiger partial charge in [-0.15, -0.1) is 0 Å². The summed E-state index contributed by atoms with van der Waals surface area (Å²) >= 11 is 0. The fourth-order valence-electron chi connectivity index (χ4n) is 2.73. The van der Waals surface area contributed by atoms with Gasteiger partial charge in [-0.05, 0) is 48.0 Å². The van der Waals surface area contributed by atoms with Gasteiger partial charge < -0.3 is 15.8 Å². The van der Waals surface area contributed by atoms with Crippen molar-refractivity contribution in [3.63, 3.8) is 0 Å². The molecule has 2 aromatic carbocycles. The number of benzene rings is 2. The lowest BCUT2D eigenvalue weighted by Gasteiger charge is -2.05. The average Bonchev–Trinajstić information content (AvgIpc) is 3.07. The zero-order valence-electron chi connectivity index (χ0n) is 15.6. The third-order valence-electron chi connectivity index (χ3n) is 4.10. The topological polar surface area (TPSA) is 99.2 Å². The zero-order chi connectivity index (χ0) is 20.8. The molecule has 29 heavy (non-hydrogen) atoms. The minimum absolute atomic E-state index is 0.0661. The predicted molar refractivity (Wildman–Crippen MR) is 107 cm³/mol. The van der Waals surface area contributed by atoms with Crippen LogP contribution in [0.2, 0.25) is 0 Å². The maximum atomic E-state index is 13.2. The molecule has 0 atom stereocenters. The maximum Gasteiger partial charge on any atom is 0.404 e. The van der Waals surface area contributed by atoms with Crippen LogP contribution >= 0.6 is 0 Å². The van der Waals surface area contributed by atoms with Gasteiger partial charge in [0.15, 0.2) is 0 Å². The van der Waals surface area contributed by atoms with E-state index in [1.54, 1.807) is 60.4 Å². The Morgan fingerprint density at radius 2 is 1.86 bits per heavy atom. The van der Waals surface area contributed by atoms with E-state index in [2.05, 4.69) is 10.4 Å². The van der Waals surface area contributed by atoms with E-state index in [0.29, 0.717) is 5.69 Å². The van der Waals surface area contributed by atoms with Gasteiger partial charge in [0.05, 0.1) is 11.9 Å². The number of aromatic nitrogens is 2. The van der Waals surface area contributed by atoms with E-state index < -0.39 is 6.09 Å². The summed E-state index contributed by atoms with van der Waals surface area (Å²) < 4.78 is 19.5. The summed E-state index contributed by atoms with van der Waals surface area (Å²) in [6.45, 7) is 0.0661. The number of amides is 2. The quantitative estimate of drug-likeness (QED) is 0.625. The van der Waals surface area contributed by atoms with Crippen molar-refractivity contribution >= 4 is 23.8 Å². The summed E-state index contributed by atoms with van der Waals surface area (Å²) in [5, 5.41) is 6.95. The molecule has 0 unspecified atom stereocenters. The van der Waals surface area contributed by atoms with E-state index in [1.165, 1.54) is 18.2 Å². The second kappa shape index (κ2) is 8.83. The Bertz CT molecular complexity index is 1040. The minimum Gasteiger partial charge on any atom is -0.445 e. The van der Waals surface area contributed by atoms with Gasteiger partial charge in [0, 0.05) is 29.9 Å². The first-order valence-corrected chi connectivity index (χ1v) is 8.70. The fourth-order valence-corrected chi connectivity index (χ4v) is 2.73. The van der Waals surface area contributed by atoms with Crippen molar-refractivity contribution in [2.45, 2.75) is 6.61 Å². The zero-order valence-corrected chi connectivity index (χ0v) is 15.6. The van der Waals surface area contributed by atoms with Crippen molar-refractivity contribution in [1.29, 1.82) is 0 Å². The summed E-state index contributed by atoms with van der Waals surface area (Å²) in [4.78, 5) is 22.8. The largest absolute Gasteiger partial charge is 0.445 e. The number of nitrogens with one attached hydrogen (secondary N) is 1. The lowest BCUT2D eigenvalue weighted by Crippen LogP contribution is -2.12. The highest BCUT2D eigenvalue weighted by Gasteiger charge is 2.09. The van der Waals surface area contributed by atoms with E-state index in [9.17, 15) is 14.0 Å². The first-order valence-electron chi connectivity index (χ1n) is 8.70. The predicted octanol–water partition coefficient (Wildman–Crippen LogP) is 3.47. The molecule has 3 aromatic rings. The molecule has 0 aliphatic rings. The highest BCUT2D eigenvalue weighted by Crippen LogP contribution is 2.24. The van der Waals surface area contributed by atoms with Crippen molar-refractivity contribution in [1.82, 2.24) is 9.78 Å². The Hall–Kier alpha value is -3.94. The number of hydrogen-bond acceptors (Lipinski definition) is 4. The number of nitrogens with zero attached hydrogens (tertiary/aromatic N) is 2. The number of primary amides is 1. The molecule has 0 radical (unpaired) electrons. The molecular formula is C21H19FN4O3. The normalized spacial score (nSPS) is 10.8. The highest BCUT2D eigenvalue weighted by molar-refractivity contribution is 6.02. The van der Waals surface area contributed by atoms with E-state index in [0.717, 1.165) is 22.4 Å². The molecule has 1 heterocycles. The molecule has 3 N–H and O–H groups in total. The Morgan fingerprint density at radius 1 is 1.17 bits per heavy atom. The van der Waals surface area contributed by atoms with Crippen LogP contribution in [0.5, 0.6) is 0 Å². The van der Waals surface area contributed by atoms with Gasteiger partial charge in [0.2, 0.25) is 5.91 Å². The number of rotatable bonds is 6. The van der Waals surface area contributed by atoms with Crippen molar-refractivity contribution < 1.29 is 18.7 Å². The van der Waals surface area contributed by atoms with E-state index in [1.807, 2.05) is 0 Å². The molecule has 0 saturated heterocycles. The molecular weight excluding hydrogens is 375 g/mol. The molecule has 148 valence electrons. The standard InChI is InChI=1S/C21H19FN4O3/c1-26-20(15-4-7-17(22)8-5-15)16(12-24-26)6-11-19(27)25-18-9-2-14(3-10-18)13-29-21(23)28/h2-12H,13H2,1H3,(H2,23,28)(H,25,27)/b11-6+. The SMILES string of the molecule is Cn1ncc(/C=C/C(=O)Nc2ccc(COC(N)=O)cc2)c1-c1ccc(F)cc1. The molecule has 3 rings (SSSR count).